The zero-order chi connectivity index (χ0) is 18.2. The third-order valence-electron chi connectivity index (χ3n) is 4.89. The number of carbonyl (C=O) groups excluding carboxylic acids is 1. The van der Waals surface area contributed by atoms with E-state index in [1.807, 2.05) is 18.2 Å². The van der Waals surface area contributed by atoms with Gasteiger partial charge in [-0.25, -0.2) is 0 Å². The molecule has 1 aliphatic heterocycles. The van der Waals surface area contributed by atoms with Crippen molar-refractivity contribution in [1.82, 2.24) is 9.80 Å². The van der Waals surface area contributed by atoms with Crippen LogP contribution in [0.1, 0.15) is 26.2 Å². The highest BCUT2D eigenvalue weighted by Crippen LogP contribution is 2.18. The zero-order valence-electron chi connectivity index (χ0n) is 15.2. The minimum atomic E-state index is -0.944. The molecule has 0 spiro atoms. The molecular formula is C19H29N3O3. The molecule has 2 rings (SSSR count). The summed E-state index contributed by atoms with van der Waals surface area (Å²) in [5.74, 6) is -1.09. The molecule has 0 aliphatic carbocycles. The number of carbonyl (C=O) groups is 2. The molecule has 1 aromatic rings. The Kier molecular flexibility index (Phi) is 7.25. The van der Waals surface area contributed by atoms with Crippen LogP contribution < -0.4 is 4.90 Å². The minimum Gasteiger partial charge on any atom is -0.480 e. The maximum atomic E-state index is 11.8. The monoisotopic (exact) mass is 347 g/mol. The van der Waals surface area contributed by atoms with Crippen LogP contribution in [-0.4, -0.2) is 72.6 Å². The molecule has 25 heavy (non-hydrogen) atoms. The van der Waals surface area contributed by atoms with E-state index < -0.39 is 5.97 Å². The highest BCUT2D eigenvalue weighted by Gasteiger charge is 2.26. The van der Waals surface area contributed by atoms with E-state index >= 15 is 0 Å². The fourth-order valence-electron chi connectivity index (χ4n) is 3.42. The summed E-state index contributed by atoms with van der Waals surface area (Å²) >= 11 is 0. The van der Waals surface area contributed by atoms with E-state index in [0.29, 0.717) is 0 Å². The lowest BCUT2D eigenvalue weighted by Gasteiger charge is -2.29. The molecule has 1 amide bonds. The van der Waals surface area contributed by atoms with Crippen molar-refractivity contribution in [1.29, 1.82) is 0 Å². The van der Waals surface area contributed by atoms with Crippen LogP contribution in [0.25, 0.3) is 0 Å². The molecule has 1 N–H and O–H groups in total. The molecule has 6 heteroatoms. The van der Waals surface area contributed by atoms with E-state index in [1.165, 1.54) is 17.5 Å². The van der Waals surface area contributed by atoms with Gasteiger partial charge in [0.05, 0.1) is 0 Å². The first-order chi connectivity index (χ1) is 12.0. The number of rotatable bonds is 7. The van der Waals surface area contributed by atoms with Gasteiger partial charge in [-0.1, -0.05) is 18.2 Å². The standard InChI is InChI=1S/C19H29N3O3/c1-16(23)22(15-19(24)25)18-9-6-11-21(12-10-18)14-13-20(2)17-7-4-3-5-8-17/h3-5,7-8,18H,6,9-15H2,1-2H3,(H,24,25). The van der Waals surface area contributed by atoms with Crippen LogP contribution in [0, 0.1) is 0 Å². The summed E-state index contributed by atoms with van der Waals surface area (Å²) in [6.07, 6.45) is 2.70. The lowest BCUT2D eigenvalue weighted by Crippen LogP contribution is -2.43. The third kappa shape index (κ3) is 6.05. The fourth-order valence-corrected chi connectivity index (χ4v) is 3.42. The number of nitrogens with zero attached hydrogens (tertiary/aromatic N) is 3. The van der Waals surface area contributed by atoms with E-state index in [2.05, 4.69) is 29.0 Å². The molecule has 1 fully saturated rings. The molecule has 0 radical (unpaired) electrons. The third-order valence-corrected chi connectivity index (χ3v) is 4.89. The molecule has 1 aromatic carbocycles. The van der Waals surface area contributed by atoms with E-state index in [0.717, 1.165) is 45.4 Å². The summed E-state index contributed by atoms with van der Waals surface area (Å²) in [6, 6.07) is 10.3. The van der Waals surface area contributed by atoms with E-state index in [4.69, 9.17) is 5.11 Å². The van der Waals surface area contributed by atoms with Crippen LogP contribution in [0.15, 0.2) is 30.3 Å². The first-order valence-corrected chi connectivity index (χ1v) is 8.95. The number of carboxylic acid groups (broad SMARTS) is 1. The van der Waals surface area contributed by atoms with Gasteiger partial charge in [0.15, 0.2) is 0 Å². The number of hydrogen-bond acceptors (Lipinski definition) is 4. The Labute approximate surface area is 150 Å². The van der Waals surface area contributed by atoms with Gasteiger partial charge < -0.3 is 19.8 Å². The number of carboxylic acids is 1. The number of hydrogen-bond donors (Lipinski definition) is 1. The molecule has 0 bridgehead atoms. The van der Waals surface area contributed by atoms with Crippen molar-refractivity contribution in [2.75, 3.05) is 44.7 Å². The summed E-state index contributed by atoms with van der Waals surface area (Å²) in [4.78, 5) is 29.0. The highest BCUT2D eigenvalue weighted by molar-refractivity contribution is 5.79. The van der Waals surface area contributed by atoms with Crippen LogP contribution in [0.4, 0.5) is 5.69 Å². The molecule has 0 aromatic heterocycles. The van der Waals surface area contributed by atoms with Crippen molar-refractivity contribution in [2.45, 2.75) is 32.2 Å². The lowest BCUT2D eigenvalue weighted by atomic mass is 10.1. The number of para-hydroxylation sites is 1. The van der Waals surface area contributed by atoms with Gasteiger partial charge in [-0.05, 0) is 37.9 Å². The molecule has 1 saturated heterocycles. The SMILES string of the molecule is CC(=O)N(CC(=O)O)C1CCCN(CCN(C)c2ccccc2)CC1. The summed E-state index contributed by atoms with van der Waals surface area (Å²) in [7, 11) is 2.10. The second kappa shape index (κ2) is 9.42. The van der Waals surface area contributed by atoms with Crippen LogP contribution in [0.3, 0.4) is 0 Å². The van der Waals surface area contributed by atoms with Gasteiger partial charge in [-0.3, -0.25) is 9.59 Å². The van der Waals surface area contributed by atoms with Crippen LogP contribution >= 0.6 is 0 Å². The molecule has 1 aliphatic rings. The van der Waals surface area contributed by atoms with Gasteiger partial charge in [0.1, 0.15) is 6.54 Å². The number of likely N-dealkylation sites (N-methyl/N-ethyl adjacent to an activating group) is 1. The van der Waals surface area contributed by atoms with Gasteiger partial charge in [-0.15, -0.1) is 0 Å². The average Bonchev–Trinajstić information content (AvgIpc) is 2.83. The van der Waals surface area contributed by atoms with Gasteiger partial charge in [-0.2, -0.15) is 0 Å². The Balaban J connectivity index is 1.84. The Bertz CT molecular complexity index is 564. The molecular weight excluding hydrogens is 318 g/mol. The highest BCUT2D eigenvalue weighted by atomic mass is 16.4. The van der Waals surface area contributed by atoms with Crippen molar-refractivity contribution >= 4 is 17.6 Å². The molecule has 1 heterocycles. The number of anilines is 1. The van der Waals surface area contributed by atoms with Crippen molar-refractivity contribution in [2.24, 2.45) is 0 Å². The quantitative estimate of drug-likeness (QED) is 0.816. The molecule has 6 nitrogen and oxygen atoms in total. The van der Waals surface area contributed by atoms with Gasteiger partial charge in [0.2, 0.25) is 5.91 Å². The van der Waals surface area contributed by atoms with E-state index in [9.17, 15) is 9.59 Å². The number of benzene rings is 1. The molecule has 1 unspecified atom stereocenters. The summed E-state index contributed by atoms with van der Waals surface area (Å²) < 4.78 is 0. The van der Waals surface area contributed by atoms with Gasteiger partial charge >= 0.3 is 5.97 Å². The first-order valence-electron chi connectivity index (χ1n) is 8.95. The zero-order valence-corrected chi connectivity index (χ0v) is 15.2. The first kappa shape index (κ1) is 19.2. The van der Waals surface area contributed by atoms with Crippen molar-refractivity contribution in [3.8, 4) is 0 Å². The Hall–Kier alpha value is -2.08. The predicted molar refractivity (Wildman–Crippen MR) is 98.8 cm³/mol. The van der Waals surface area contributed by atoms with Crippen LogP contribution in [0.5, 0.6) is 0 Å². The molecule has 0 saturated carbocycles. The van der Waals surface area contributed by atoms with E-state index in [-0.39, 0.29) is 18.5 Å². The molecule has 138 valence electrons. The van der Waals surface area contributed by atoms with Crippen molar-refractivity contribution in [3.63, 3.8) is 0 Å². The number of likely N-dealkylation sites (tertiary alicyclic amines) is 1. The molecule has 1 atom stereocenters. The summed E-state index contributed by atoms with van der Waals surface area (Å²) in [5, 5.41) is 9.03. The van der Waals surface area contributed by atoms with Gasteiger partial charge in [0.25, 0.3) is 0 Å². The average molecular weight is 347 g/mol. The smallest absolute Gasteiger partial charge is 0.323 e. The summed E-state index contributed by atoms with van der Waals surface area (Å²) in [5.41, 5.74) is 1.21. The normalized spacial score (nSPS) is 18.4. The fraction of sp³-hybridized carbons (Fsp3) is 0.579. The van der Waals surface area contributed by atoms with Crippen molar-refractivity contribution in [3.05, 3.63) is 30.3 Å². The Morgan fingerprint density at radius 1 is 1.20 bits per heavy atom. The second-order valence-corrected chi connectivity index (χ2v) is 6.72. The Morgan fingerprint density at radius 3 is 2.56 bits per heavy atom. The second-order valence-electron chi connectivity index (χ2n) is 6.72. The number of amides is 1. The van der Waals surface area contributed by atoms with Gasteiger partial charge in [0, 0.05) is 45.3 Å². The summed E-state index contributed by atoms with van der Waals surface area (Å²) in [6.45, 7) is 5.07. The maximum absolute atomic E-state index is 11.8. The largest absolute Gasteiger partial charge is 0.480 e. The minimum absolute atomic E-state index is 0.0328. The predicted octanol–water partition coefficient (Wildman–Crippen LogP) is 1.91. The lowest BCUT2D eigenvalue weighted by molar-refractivity contribution is -0.145. The number of aliphatic carboxylic acids is 1. The van der Waals surface area contributed by atoms with Crippen LogP contribution in [-0.2, 0) is 9.59 Å². The van der Waals surface area contributed by atoms with E-state index in [1.54, 1.807) is 0 Å². The Morgan fingerprint density at radius 2 is 1.92 bits per heavy atom. The van der Waals surface area contributed by atoms with Crippen molar-refractivity contribution < 1.29 is 14.7 Å². The topological polar surface area (TPSA) is 64.1 Å². The maximum Gasteiger partial charge on any atom is 0.323 e. The van der Waals surface area contributed by atoms with Crippen LogP contribution in [0.2, 0.25) is 0 Å².